The van der Waals surface area contributed by atoms with E-state index in [1.807, 2.05) is 0 Å². The molecule has 2 aromatic carbocycles. The van der Waals surface area contributed by atoms with Crippen LogP contribution in [-0.2, 0) is 0 Å². The van der Waals surface area contributed by atoms with Crippen LogP contribution >= 0.6 is 0 Å². The first-order valence-electron chi connectivity index (χ1n) is 9.17. The maximum absolute atomic E-state index is 9.34. The number of benzene rings is 2. The minimum absolute atomic E-state index is 0.477. The van der Waals surface area contributed by atoms with Gasteiger partial charge in [0.25, 0.3) is 0 Å². The van der Waals surface area contributed by atoms with Crippen molar-refractivity contribution in [2.24, 2.45) is 10.2 Å². The zero-order chi connectivity index (χ0) is 18.6. The van der Waals surface area contributed by atoms with Gasteiger partial charge in [-0.25, -0.2) is 0 Å². The van der Waals surface area contributed by atoms with Crippen molar-refractivity contribution < 1.29 is 4.74 Å². The fourth-order valence-electron chi connectivity index (χ4n) is 2.51. The van der Waals surface area contributed by atoms with Gasteiger partial charge in [-0.3, -0.25) is 0 Å². The summed E-state index contributed by atoms with van der Waals surface area (Å²) in [7, 11) is 0. The Kier molecular flexibility index (Phi) is 8.14. The molecule has 0 amide bonds. The third kappa shape index (κ3) is 6.56. The molecular weight excluding hydrogens is 324 g/mol. The lowest BCUT2D eigenvalue weighted by molar-refractivity contribution is 0.303. The highest BCUT2D eigenvalue weighted by Gasteiger charge is 2.05. The van der Waals surface area contributed by atoms with Crippen molar-refractivity contribution in [1.82, 2.24) is 0 Å². The lowest BCUT2D eigenvalue weighted by Crippen LogP contribution is -1.99. The molecule has 0 aliphatic rings. The number of rotatable bonds is 10. The zero-order valence-corrected chi connectivity index (χ0v) is 15.3. The molecule has 0 aliphatic carbocycles. The van der Waals surface area contributed by atoms with Gasteiger partial charge < -0.3 is 10.5 Å². The van der Waals surface area contributed by atoms with E-state index in [0.717, 1.165) is 12.8 Å². The van der Waals surface area contributed by atoms with E-state index in [1.54, 1.807) is 42.5 Å². The molecular formula is C21H26N4O. The van der Waals surface area contributed by atoms with Gasteiger partial charge in [0, 0.05) is 5.69 Å². The lowest BCUT2D eigenvalue weighted by atomic mass is 10.1. The molecule has 0 aliphatic heterocycles. The summed E-state index contributed by atoms with van der Waals surface area (Å²) in [6.07, 6.45) is 7.25. The van der Waals surface area contributed by atoms with Gasteiger partial charge in [-0.15, -0.1) is 0 Å². The van der Waals surface area contributed by atoms with Crippen LogP contribution in [0.4, 0.5) is 17.1 Å². The summed E-state index contributed by atoms with van der Waals surface area (Å²) in [5, 5.41) is 17.7. The predicted octanol–water partition coefficient (Wildman–Crippen LogP) is 6.30. The van der Waals surface area contributed by atoms with Crippen molar-refractivity contribution in [3.63, 3.8) is 0 Å². The number of nitrogens with two attached hydrogens (primary N) is 1. The Morgan fingerprint density at radius 1 is 0.923 bits per heavy atom. The van der Waals surface area contributed by atoms with Gasteiger partial charge in [-0.2, -0.15) is 15.5 Å². The Labute approximate surface area is 155 Å². The van der Waals surface area contributed by atoms with E-state index in [1.165, 1.54) is 25.7 Å². The number of anilines is 1. The first-order chi connectivity index (χ1) is 12.7. The van der Waals surface area contributed by atoms with Crippen LogP contribution in [0.25, 0.3) is 0 Å². The number of ether oxygens (including phenoxy) is 1. The van der Waals surface area contributed by atoms with Gasteiger partial charge in [-0.1, -0.05) is 39.0 Å². The molecule has 2 N–H and O–H groups in total. The van der Waals surface area contributed by atoms with Crippen LogP contribution in [0.1, 0.15) is 51.0 Å². The Balaban J connectivity index is 1.88. The number of azo groups is 1. The maximum atomic E-state index is 9.34. The van der Waals surface area contributed by atoms with E-state index in [4.69, 9.17) is 10.5 Å². The van der Waals surface area contributed by atoms with Gasteiger partial charge in [0.1, 0.15) is 11.8 Å². The molecule has 0 spiro atoms. The highest BCUT2D eigenvalue weighted by atomic mass is 16.5. The molecule has 0 unspecified atom stereocenters. The van der Waals surface area contributed by atoms with Crippen molar-refractivity contribution in [3.05, 3.63) is 48.0 Å². The van der Waals surface area contributed by atoms with Crippen molar-refractivity contribution in [2.45, 2.75) is 45.4 Å². The molecule has 26 heavy (non-hydrogen) atoms. The monoisotopic (exact) mass is 350 g/mol. The van der Waals surface area contributed by atoms with Gasteiger partial charge in [0.2, 0.25) is 0 Å². The van der Waals surface area contributed by atoms with E-state index < -0.39 is 0 Å². The van der Waals surface area contributed by atoms with Crippen LogP contribution in [0.2, 0.25) is 0 Å². The average molecular weight is 350 g/mol. The fourth-order valence-corrected chi connectivity index (χ4v) is 2.51. The molecule has 5 nitrogen and oxygen atoms in total. The van der Waals surface area contributed by atoms with Crippen LogP contribution < -0.4 is 10.5 Å². The smallest absolute Gasteiger partial charge is 0.137 e. The summed E-state index contributed by atoms with van der Waals surface area (Å²) in [6.45, 7) is 2.85. The van der Waals surface area contributed by atoms with Crippen LogP contribution in [0, 0.1) is 11.3 Å². The second-order valence-electron chi connectivity index (χ2n) is 6.20. The SMILES string of the molecule is CCCCCCCCOc1ccc(N=Nc2ccc(N)cc2)cc1C#N. The van der Waals surface area contributed by atoms with Crippen molar-refractivity contribution >= 4 is 17.1 Å². The van der Waals surface area contributed by atoms with Gasteiger partial charge in [0.15, 0.2) is 0 Å². The van der Waals surface area contributed by atoms with Gasteiger partial charge in [-0.05, 0) is 48.9 Å². The number of nitrogen functional groups attached to an aromatic ring is 1. The summed E-state index contributed by atoms with van der Waals surface area (Å²) < 4.78 is 5.76. The molecule has 0 saturated heterocycles. The molecule has 0 fully saturated rings. The van der Waals surface area contributed by atoms with Gasteiger partial charge >= 0.3 is 0 Å². The third-order valence-electron chi connectivity index (χ3n) is 4.01. The fraction of sp³-hybridized carbons (Fsp3) is 0.381. The Hall–Kier alpha value is -2.87. The van der Waals surface area contributed by atoms with Crippen LogP contribution in [0.3, 0.4) is 0 Å². The molecule has 0 bridgehead atoms. The summed E-state index contributed by atoms with van der Waals surface area (Å²) in [6, 6.07) is 14.6. The normalized spacial score (nSPS) is 10.8. The summed E-state index contributed by atoms with van der Waals surface area (Å²) in [4.78, 5) is 0. The largest absolute Gasteiger partial charge is 0.492 e. The molecule has 0 atom stereocenters. The minimum atomic E-state index is 0.477. The second-order valence-corrected chi connectivity index (χ2v) is 6.20. The van der Waals surface area contributed by atoms with E-state index >= 15 is 0 Å². The van der Waals surface area contributed by atoms with E-state index in [0.29, 0.717) is 35.0 Å². The van der Waals surface area contributed by atoms with E-state index in [-0.39, 0.29) is 0 Å². The number of nitrogens with zero attached hydrogens (tertiary/aromatic N) is 3. The molecule has 136 valence electrons. The van der Waals surface area contributed by atoms with Crippen molar-refractivity contribution in [2.75, 3.05) is 12.3 Å². The second kappa shape index (κ2) is 10.9. The van der Waals surface area contributed by atoms with Crippen molar-refractivity contribution in [1.29, 1.82) is 5.26 Å². The molecule has 2 rings (SSSR count). The lowest BCUT2D eigenvalue weighted by Gasteiger charge is -2.08. The number of hydrogen-bond acceptors (Lipinski definition) is 5. The zero-order valence-electron chi connectivity index (χ0n) is 15.3. The molecule has 0 aromatic heterocycles. The quantitative estimate of drug-likeness (QED) is 0.310. The molecule has 2 aromatic rings. The first-order valence-corrected chi connectivity index (χ1v) is 9.17. The summed E-state index contributed by atoms with van der Waals surface area (Å²) in [5.74, 6) is 0.604. The van der Waals surface area contributed by atoms with E-state index in [9.17, 15) is 5.26 Å². The van der Waals surface area contributed by atoms with Gasteiger partial charge in [0.05, 0.1) is 23.5 Å². The summed E-state index contributed by atoms with van der Waals surface area (Å²) >= 11 is 0. The van der Waals surface area contributed by atoms with Crippen LogP contribution in [-0.4, -0.2) is 6.61 Å². The first kappa shape index (κ1) is 19.5. The molecule has 0 saturated carbocycles. The standard InChI is InChI=1S/C21H26N4O/c1-2-3-4-5-6-7-14-26-21-13-12-20(15-17(21)16-22)25-24-19-10-8-18(23)9-11-19/h8-13,15H,2-7,14,23H2,1H3. The summed E-state index contributed by atoms with van der Waals surface area (Å²) in [5.41, 5.74) is 8.13. The molecule has 5 heteroatoms. The molecule has 0 heterocycles. The Morgan fingerprint density at radius 2 is 1.58 bits per heavy atom. The Bertz CT molecular complexity index is 748. The number of unbranched alkanes of at least 4 members (excludes halogenated alkanes) is 5. The topological polar surface area (TPSA) is 83.8 Å². The van der Waals surface area contributed by atoms with Crippen molar-refractivity contribution in [3.8, 4) is 11.8 Å². The number of hydrogen-bond donors (Lipinski definition) is 1. The Morgan fingerprint density at radius 3 is 2.31 bits per heavy atom. The predicted molar refractivity (Wildman–Crippen MR) is 105 cm³/mol. The third-order valence-corrected chi connectivity index (χ3v) is 4.01. The number of nitriles is 1. The average Bonchev–Trinajstić information content (AvgIpc) is 2.67. The van der Waals surface area contributed by atoms with Crippen LogP contribution in [0.5, 0.6) is 5.75 Å². The van der Waals surface area contributed by atoms with Crippen LogP contribution in [0.15, 0.2) is 52.7 Å². The minimum Gasteiger partial charge on any atom is -0.492 e. The maximum Gasteiger partial charge on any atom is 0.137 e. The van der Waals surface area contributed by atoms with E-state index in [2.05, 4.69) is 23.2 Å². The molecule has 0 radical (unpaired) electrons. The highest BCUT2D eigenvalue weighted by molar-refractivity contribution is 5.53. The highest BCUT2D eigenvalue weighted by Crippen LogP contribution is 2.26.